The number of ketones is 1. The molecule has 12 heavy (non-hydrogen) atoms. The first-order valence-corrected chi connectivity index (χ1v) is 4.50. The van der Waals surface area contributed by atoms with Gasteiger partial charge in [0.25, 0.3) is 0 Å². The van der Waals surface area contributed by atoms with Gasteiger partial charge in [-0.3, -0.25) is 9.59 Å². The molecule has 0 bridgehead atoms. The van der Waals surface area contributed by atoms with Crippen LogP contribution in [0.25, 0.3) is 0 Å². The molecule has 2 atom stereocenters. The van der Waals surface area contributed by atoms with E-state index in [1.807, 2.05) is 4.90 Å². The summed E-state index contributed by atoms with van der Waals surface area (Å²) in [6.07, 6.45) is 2.55. The van der Waals surface area contributed by atoms with Crippen molar-refractivity contribution >= 4 is 11.7 Å². The summed E-state index contributed by atoms with van der Waals surface area (Å²) in [4.78, 5) is 24.4. The van der Waals surface area contributed by atoms with Crippen LogP contribution in [-0.4, -0.2) is 29.2 Å². The van der Waals surface area contributed by atoms with E-state index in [0.717, 1.165) is 19.4 Å². The lowest BCUT2D eigenvalue weighted by atomic mass is 9.95. The third kappa shape index (κ3) is 0.958. The second-order valence-electron chi connectivity index (χ2n) is 3.72. The van der Waals surface area contributed by atoms with Gasteiger partial charge in [0.1, 0.15) is 5.78 Å². The number of Topliss-reactive ketones (excluding diaryl/α,β-unsaturated/α-hetero) is 1. The first-order chi connectivity index (χ1) is 5.70. The van der Waals surface area contributed by atoms with Crippen molar-refractivity contribution in [3.63, 3.8) is 0 Å². The average molecular weight is 167 g/mol. The highest BCUT2D eigenvalue weighted by Crippen LogP contribution is 2.33. The number of nitrogens with zero attached hydrogens (tertiary/aromatic N) is 1. The molecule has 1 amide bonds. The molecule has 0 saturated carbocycles. The van der Waals surface area contributed by atoms with Crippen molar-refractivity contribution in [3.8, 4) is 0 Å². The monoisotopic (exact) mass is 167 g/mol. The average Bonchev–Trinajstić information content (AvgIpc) is 2.53. The molecular formula is C9H13NO2. The summed E-state index contributed by atoms with van der Waals surface area (Å²) in [5, 5.41) is 0. The lowest BCUT2D eigenvalue weighted by molar-refractivity contribution is -0.128. The second-order valence-corrected chi connectivity index (χ2v) is 3.72. The Bertz CT molecular complexity index is 237. The number of carbonyl (C=O) groups is 2. The van der Waals surface area contributed by atoms with Crippen molar-refractivity contribution in [2.45, 2.75) is 32.2 Å². The lowest BCUT2D eigenvalue weighted by Gasteiger charge is -2.17. The number of rotatable bonds is 1. The van der Waals surface area contributed by atoms with E-state index in [0.29, 0.717) is 6.42 Å². The number of hydrogen-bond acceptors (Lipinski definition) is 2. The Balaban J connectivity index is 2.20. The van der Waals surface area contributed by atoms with Gasteiger partial charge in [-0.1, -0.05) is 0 Å². The fraction of sp³-hybridized carbons (Fsp3) is 0.778. The summed E-state index contributed by atoms with van der Waals surface area (Å²) in [5.41, 5.74) is 0. The second kappa shape index (κ2) is 2.57. The van der Waals surface area contributed by atoms with E-state index in [1.54, 1.807) is 6.92 Å². The highest BCUT2D eigenvalue weighted by molar-refractivity contribution is 5.90. The zero-order chi connectivity index (χ0) is 8.72. The van der Waals surface area contributed by atoms with Crippen molar-refractivity contribution in [2.24, 2.45) is 5.92 Å². The summed E-state index contributed by atoms with van der Waals surface area (Å²) >= 11 is 0. The Kier molecular flexibility index (Phi) is 1.67. The maximum atomic E-state index is 11.3. The van der Waals surface area contributed by atoms with Gasteiger partial charge >= 0.3 is 0 Å². The number of hydrogen-bond donors (Lipinski definition) is 0. The highest BCUT2D eigenvalue weighted by atomic mass is 16.2. The molecule has 0 spiro atoms. The molecule has 3 heteroatoms. The normalized spacial score (nSPS) is 34.1. The summed E-state index contributed by atoms with van der Waals surface area (Å²) in [7, 11) is 0. The Morgan fingerprint density at radius 1 is 1.58 bits per heavy atom. The molecule has 2 aliphatic heterocycles. The van der Waals surface area contributed by atoms with Crippen LogP contribution in [0.2, 0.25) is 0 Å². The van der Waals surface area contributed by atoms with Crippen molar-refractivity contribution in [2.75, 3.05) is 6.54 Å². The molecule has 0 aliphatic carbocycles. The summed E-state index contributed by atoms with van der Waals surface area (Å²) in [6, 6.07) is 0.245. The lowest BCUT2D eigenvalue weighted by Crippen LogP contribution is -2.30. The van der Waals surface area contributed by atoms with Crippen molar-refractivity contribution in [1.29, 1.82) is 0 Å². The van der Waals surface area contributed by atoms with Gasteiger partial charge in [-0.15, -0.1) is 0 Å². The van der Waals surface area contributed by atoms with E-state index in [1.165, 1.54) is 0 Å². The summed E-state index contributed by atoms with van der Waals surface area (Å²) in [5.74, 6) is 0.357. The van der Waals surface area contributed by atoms with Gasteiger partial charge in [-0.2, -0.15) is 0 Å². The highest BCUT2D eigenvalue weighted by Gasteiger charge is 2.44. The van der Waals surface area contributed by atoms with Crippen LogP contribution in [0.3, 0.4) is 0 Å². The van der Waals surface area contributed by atoms with Gasteiger partial charge in [0.2, 0.25) is 5.91 Å². The van der Waals surface area contributed by atoms with Crippen LogP contribution >= 0.6 is 0 Å². The Morgan fingerprint density at radius 3 is 3.00 bits per heavy atom. The molecule has 2 fully saturated rings. The van der Waals surface area contributed by atoms with Crippen LogP contribution in [0.4, 0.5) is 0 Å². The molecule has 3 nitrogen and oxygen atoms in total. The zero-order valence-corrected chi connectivity index (χ0v) is 7.25. The molecule has 0 N–H and O–H groups in total. The molecular weight excluding hydrogens is 154 g/mol. The zero-order valence-electron chi connectivity index (χ0n) is 7.25. The fourth-order valence-electron chi connectivity index (χ4n) is 2.38. The standard InChI is InChI=1S/C9H13NO2/c1-6(11)7-5-9(12)10-4-2-3-8(7)10/h7-8H,2-5H2,1H3. The Labute approximate surface area is 71.7 Å². The minimum absolute atomic E-state index is 0.000000000000000444. The van der Waals surface area contributed by atoms with E-state index in [4.69, 9.17) is 0 Å². The van der Waals surface area contributed by atoms with E-state index < -0.39 is 0 Å². The SMILES string of the molecule is CC(=O)C1CC(=O)N2CCCC12. The van der Waals surface area contributed by atoms with Crippen LogP contribution in [0.1, 0.15) is 26.2 Å². The van der Waals surface area contributed by atoms with Crippen LogP contribution in [-0.2, 0) is 9.59 Å². The van der Waals surface area contributed by atoms with E-state index in [9.17, 15) is 9.59 Å². The third-order valence-electron chi connectivity index (χ3n) is 3.00. The predicted molar refractivity (Wildman–Crippen MR) is 43.5 cm³/mol. The number of amides is 1. The molecule has 66 valence electrons. The van der Waals surface area contributed by atoms with Crippen LogP contribution in [0.5, 0.6) is 0 Å². The minimum Gasteiger partial charge on any atom is -0.339 e. The van der Waals surface area contributed by atoms with Gasteiger partial charge in [0.15, 0.2) is 0 Å². The molecule has 2 heterocycles. The molecule has 0 aromatic rings. The van der Waals surface area contributed by atoms with Gasteiger partial charge < -0.3 is 4.90 Å². The Morgan fingerprint density at radius 2 is 2.33 bits per heavy atom. The number of fused-ring (bicyclic) bond motifs is 1. The fourth-order valence-corrected chi connectivity index (χ4v) is 2.38. The van der Waals surface area contributed by atoms with E-state index >= 15 is 0 Å². The smallest absolute Gasteiger partial charge is 0.223 e. The van der Waals surface area contributed by atoms with E-state index in [2.05, 4.69) is 0 Å². The van der Waals surface area contributed by atoms with Gasteiger partial charge in [0, 0.05) is 24.9 Å². The minimum atomic E-state index is -0.000000000000000444. The maximum Gasteiger partial charge on any atom is 0.223 e. The largest absolute Gasteiger partial charge is 0.339 e. The first-order valence-electron chi connectivity index (χ1n) is 4.50. The maximum absolute atomic E-state index is 11.3. The molecule has 0 radical (unpaired) electrons. The predicted octanol–water partition coefficient (Wildman–Crippen LogP) is 0.586. The van der Waals surface area contributed by atoms with Gasteiger partial charge in [0.05, 0.1) is 0 Å². The van der Waals surface area contributed by atoms with Crippen molar-refractivity contribution < 1.29 is 9.59 Å². The van der Waals surface area contributed by atoms with Crippen LogP contribution < -0.4 is 0 Å². The number of carbonyl (C=O) groups excluding carboxylic acids is 2. The molecule has 2 aliphatic rings. The van der Waals surface area contributed by atoms with Crippen LogP contribution in [0.15, 0.2) is 0 Å². The van der Waals surface area contributed by atoms with Crippen molar-refractivity contribution in [1.82, 2.24) is 4.90 Å². The molecule has 0 aromatic heterocycles. The van der Waals surface area contributed by atoms with E-state index in [-0.39, 0.29) is 23.7 Å². The van der Waals surface area contributed by atoms with Crippen molar-refractivity contribution in [3.05, 3.63) is 0 Å². The molecule has 0 aromatic carbocycles. The topological polar surface area (TPSA) is 37.4 Å². The van der Waals surface area contributed by atoms with Crippen LogP contribution in [0, 0.1) is 5.92 Å². The molecule has 2 unspecified atom stereocenters. The third-order valence-corrected chi connectivity index (χ3v) is 3.00. The molecule has 2 rings (SSSR count). The summed E-state index contributed by atoms with van der Waals surface area (Å²) in [6.45, 7) is 2.47. The van der Waals surface area contributed by atoms with Gasteiger partial charge in [-0.25, -0.2) is 0 Å². The quantitative estimate of drug-likeness (QED) is 0.573. The summed E-state index contributed by atoms with van der Waals surface area (Å²) < 4.78 is 0. The first kappa shape index (κ1) is 7.77. The van der Waals surface area contributed by atoms with Gasteiger partial charge in [-0.05, 0) is 19.8 Å². The Hall–Kier alpha value is -0.860. The molecule has 2 saturated heterocycles.